The van der Waals surface area contributed by atoms with Crippen LogP contribution >= 0.6 is 0 Å². The maximum Gasteiger partial charge on any atom is 0.131 e. The van der Waals surface area contributed by atoms with Gasteiger partial charge in [-0.25, -0.2) is 0 Å². The van der Waals surface area contributed by atoms with E-state index in [1.807, 2.05) is 13.8 Å². The molecule has 0 aliphatic rings. The molecule has 0 unspecified atom stereocenters. The first-order chi connectivity index (χ1) is 5.48. The van der Waals surface area contributed by atoms with Gasteiger partial charge in [-0.1, -0.05) is 0 Å². The first-order valence-corrected chi connectivity index (χ1v) is 4.33. The minimum Gasteiger partial charge on any atom is -0.396 e. The van der Waals surface area contributed by atoms with Gasteiger partial charge in [0.1, 0.15) is 5.78 Å². The average Bonchev–Trinajstić information content (AvgIpc) is 1.85. The molecule has 0 aliphatic heterocycles. The minimum absolute atomic E-state index is 0.0653. The van der Waals surface area contributed by atoms with Crippen LogP contribution in [-0.2, 0) is 4.79 Å². The lowest BCUT2D eigenvalue weighted by molar-refractivity contribution is -0.116. The molecule has 0 spiro atoms. The zero-order valence-corrected chi connectivity index (χ0v) is 8.18. The molecule has 72 valence electrons. The fourth-order valence-corrected chi connectivity index (χ4v) is 0.945. The molecule has 0 aromatic rings. The number of rotatable bonds is 6. The molecule has 0 amide bonds. The second-order valence-corrected chi connectivity index (χ2v) is 3.74. The first kappa shape index (κ1) is 11.6. The molecule has 0 rings (SSSR count). The van der Waals surface area contributed by atoms with Gasteiger partial charge in [0, 0.05) is 25.1 Å². The van der Waals surface area contributed by atoms with E-state index < -0.39 is 0 Å². The second kappa shape index (κ2) is 5.27. The molecule has 0 saturated heterocycles. The van der Waals surface area contributed by atoms with E-state index in [2.05, 4.69) is 5.32 Å². The molecular weight excluding hydrogens is 154 g/mol. The Morgan fingerprint density at radius 3 is 2.50 bits per heavy atom. The monoisotopic (exact) mass is 173 g/mol. The molecule has 3 heteroatoms. The fourth-order valence-electron chi connectivity index (χ4n) is 0.945. The van der Waals surface area contributed by atoms with E-state index in [-0.39, 0.29) is 17.9 Å². The van der Waals surface area contributed by atoms with Crippen LogP contribution in [0.3, 0.4) is 0 Å². The number of Topliss-reactive ketones (excluding diaryl/α,β-unsaturated/α-hetero) is 1. The summed E-state index contributed by atoms with van der Waals surface area (Å²) in [4.78, 5) is 10.6. The Morgan fingerprint density at radius 1 is 1.50 bits per heavy atom. The van der Waals surface area contributed by atoms with E-state index in [1.165, 1.54) is 0 Å². The molecule has 2 N–H and O–H groups in total. The van der Waals surface area contributed by atoms with Gasteiger partial charge >= 0.3 is 0 Å². The van der Waals surface area contributed by atoms with E-state index >= 15 is 0 Å². The van der Waals surface area contributed by atoms with Crippen molar-refractivity contribution in [3.05, 3.63) is 0 Å². The number of hydrogen-bond donors (Lipinski definition) is 2. The summed E-state index contributed by atoms with van der Waals surface area (Å²) >= 11 is 0. The lowest BCUT2D eigenvalue weighted by Crippen LogP contribution is -2.40. The van der Waals surface area contributed by atoms with Crippen molar-refractivity contribution in [1.29, 1.82) is 0 Å². The molecule has 0 aromatic carbocycles. The van der Waals surface area contributed by atoms with Crippen LogP contribution in [-0.4, -0.2) is 29.6 Å². The van der Waals surface area contributed by atoms with Crippen LogP contribution in [0.1, 0.15) is 33.6 Å². The fraction of sp³-hybridized carbons (Fsp3) is 0.889. The van der Waals surface area contributed by atoms with Crippen LogP contribution in [0.5, 0.6) is 0 Å². The van der Waals surface area contributed by atoms with E-state index in [4.69, 9.17) is 5.11 Å². The highest BCUT2D eigenvalue weighted by Gasteiger charge is 2.15. The van der Waals surface area contributed by atoms with Crippen LogP contribution in [0.15, 0.2) is 0 Å². The number of hydrogen-bond acceptors (Lipinski definition) is 3. The average molecular weight is 173 g/mol. The van der Waals surface area contributed by atoms with Crippen molar-refractivity contribution in [3.8, 4) is 0 Å². The predicted molar refractivity (Wildman–Crippen MR) is 49.1 cm³/mol. The number of aliphatic hydroxyl groups excluding tert-OH is 1. The molecule has 0 fully saturated rings. The molecule has 0 aromatic heterocycles. The molecule has 0 heterocycles. The van der Waals surface area contributed by atoms with Crippen molar-refractivity contribution in [1.82, 2.24) is 5.32 Å². The normalized spacial score (nSPS) is 11.7. The maximum absolute atomic E-state index is 10.6. The number of nitrogens with one attached hydrogen (secondary N) is 1. The lowest BCUT2D eigenvalue weighted by Gasteiger charge is -2.25. The zero-order chi connectivity index (χ0) is 9.61. The first-order valence-electron chi connectivity index (χ1n) is 4.33. The van der Waals surface area contributed by atoms with Crippen molar-refractivity contribution in [2.45, 2.75) is 39.2 Å². The molecule has 0 bridgehead atoms. The Bertz CT molecular complexity index is 143. The van der Waals surface area contributed by atoms with Gasteiger partial charge in [-0.05, 0) is 27.2 Å². The molecule has 0 aliphatic carbocycles. The van der Waals surface area contributed by atoms with E-state index in [0.29, 0.717) is 19.4 Å². The van der Waals surface area contributed by atoms with Crippen LogP contribution < -0.4 is 5.32 Å². The summed E-state index contributed by atoms with van der Waals surface area (Å²) < 4.78 is 0. The van der Waals surface area contributed by atoms with Crippen molar-refractivity contribution in [3.63, 3.8) is 0 Å². The topological polar surface area (TPSA) is 49.3 Å². The molecule has 0 atom stereocenters. The summed E-state index contributed by atoms with van der Waals surface area (Å²) in [5.41, 5.74) is -0.0653. The number of ketones is 1. The van der Waals surface area contributed by atoms with Crippen molar-refractivity contribution in [2.75, 3.05) is 13.2 Å². The van der Waals surface area contributed by atoms with Crippen LogP contribution in [0, 0.1) is 0 Å². The summed E-state index contributed by atoms with van der Waals surface area (Å²) in [6, 6.07) is 0. The Kier molecular flexibility index (Phi) is 5.09. The molecule has 3 nitrogen and oxygen atoms in total. The quantitative estimate of drug-likeness (QED) is 0.622. The van der Waals surface area contributed by atoms with Crippen LogP contribution in [0.2, 0.25) is 0 Å². The second-order valence-electron chi connectivity index (χ2n) is 3.74. The number of carbonyl (C=O) groups excluding carboxylic acids is 1. The molecule has 0 saturated carbocycles. The van der Waals surface area contributed by atoms with E-state index in [9.17, 15) is 4.79 Å². The highest BCUT2D eigenvalue weighted by atomic mass is 16.3. The summed E-state index contributed by atoms with van der Waals surface area (Å²) in [5.74, 6) is 0.197. The summed E-state index contributed by atoms with van der Waals surface area (Å²) in [6.07, 6.45) is 1.28. The summed E-state index contributed by atoms with van der Waals surface area (Å²) in [5, 5.41) is 11.9. The van der Waals surface area contributed by atoms with E-state index in [0.717, 1.165) is 0 Å². The van der Waals surface area contributed by atoms with Crippen molar-refractivity contribution >= 4 is 5.78 Å². The van der Waals surface area contributed by atoms with Gasteiger partial charge in [0.25, 0.3) is 0 Å². The van der Waals surface area contributed by atoms with Gasteiger partial charge in [-0.15, -0.1) is 0 Å². The molecule has 12 heavy (non-hydrogen) atoms. The third kappa shape index (κ3) is 6.31. The Labute approximate surface area is 74.2 Å². The zero-order valence-electron chi connectivity index (χ0n) is 8.18. The van der Waals surface area contributed by atoms with Gasteiger partial charge in [0.05, 0.1) is 0 Å². The van der Waals surface area contributed by atoms with Gasteiger partial charge in [0.15, 0.2) is 0 Å². The molecular formula is C9H19NO2. The van der Waals surface area contributed by atoms with Crippen LogP contribution in [0.4, 0.5) is 0 Å². The Morgan fingerprint density at radius 2 is 2.08 bits per heavy atom. The standard InChI is InChI=1S/C9H19NO2/c1-8(12)4-6-10-9(2,3)5-7-11/h10-11H,4-7H2,1-3H3. The van der Waals surface area contributed by atoms with Crippen molar-refractivity contribution in [2.24, 2.45) is 0 Å². The summed E-state index contributed by atoms with van der Waals surface area (Å²) in [6.45, 7) is 6.50. The lowest BCUT2D eigenvalue weighted by atomic mass is 10.0. The highest BCUT2D eigenvalue weighted by Crippen LogP contribution is 2.06. The number of carbonyl (C=O) groups is 1. The largest absolute Gasteiger partial charge is 0.396 e. The van der Waals surface area contributed by atoms with Gasteiger partial charge in [0.2, 0.25) is 0 Å². The third-order valence-electron chi connectivity index (χ3n) is 1.82. The maximum atomic E-state index is 10.6. The predicted octanol–water partition coefficient (Wildman–Crippen LogP) is 0.716. The van der Waals surface area contributed by atoms with Gasteiger partial charge < -0.3 is 10.4 Å². The van der Waals surface area contributed by atoms with Crippen LogP contribution in [0.25, 0.3) is 0 Å². The van der Waals surface area contributed by atoms with E-state index in [1.54, 1.807) is 6.92 Å². The van der Waals surface area contributed by atoms with Gasteiger partial charge in [-0.3, -0.25) is 4.79 Å². The third-order valence-corrected chi connectivity index (χ3v) is 1.82. The Balaban J connectivity index is 3.53. The van der Waals surface area contributed by atoms with Gasteiger partial charge in [-0.2, -0.15) is 0 Å². The minimum atomic E-state index is -0.0653. The van der Waals surface area contributed by atoms with Crippen molar-refractivity contribution < 1.29 is 9.90 Å². The number of aliphatic hydroxyl groups is 1. The summed E-state index contributed by atoms with van der Waals surface area (Å²) in [7, 11) is 0. The smallest absolute Gasteiger partial charge is 0.131 e. The highest BCUT2D eigenvalue weighted by molar-refractivity contribution is 5.75. The molecule has 0 radical (unpaired) electrons. The SMILES string of the molecule is CC(=O)CCNC(C)(C)CCO. The Hall–Kier alpha value is -0.410.